The minimum Gasteiger partial charge on any atom is -0.325 e. The number of anilines is 1. The Morgan fingerprint density at radius 2 is 1.54 bits per heavy atom. The molecule has 37 heavy (non-hydrogen) atoms. The van der Waals surface area contributed by atoms with Crippen molar-refractivity contribution >= 4 is 33.2 Å². The molecule has 1 atom stereocenters. The SMILES string of the molecule is CCC(Sc1nnc(CS(=O)(=O)c2ccccc2)n1-c1ccccc1)C(=O)Nc1c(C)cc(C)cc1C. The normalized spacial score (nSPS) is 12.3. The number of hydrogen-bond acceptors (Lipinski definition) is 6. The molecule has 1 aromatic heterocycles. The van der Waals surface area contributed by atoms with E-state index in [9.17, 15) is 13.2 Å². The lowest BCUT2D eigenvalue weighted by molar-refractivity contribution is -0.115. The standard InChI is InChI=1S/C28H30N4O3S2/c1-5-24(27(33)29-26-20(3)16-19(2)17-21(26)4)36-28-31-30-25(32(28)22-12-8-6-9-13-22)18-37(34,35)23-14-10-7-11-15-23/h6-17,24H,5,18H2,1-4H3,(H,29,33). The first-order chi connectivity index (χ1) is 17.7. The Hall–Kier alpha value is -3.43. The van der Waals surface area contributed by atoms with Crippen LogP contribution in [0.2, 0.25) is 0 Å². The lowest BCUT2D eigenvalue weighted by atomic mass is 10.0. The average molecular weight is 535 g/mol. The van der Waals surface area contributed by atoms with Crippen LogP contribution < -0.4 is 5.32 Å². The van der Waals surface area contributed by atoms with E-state index in [1.165, 1.54) is 11.8 Å². The largest absolute Gasteiger partial charge is 0.325 e. The van der Waals surface area contributed by atoms with Crippen LogP contribution in [0.4, 0.5) is 5.69 Å². The highest BCUT2D eigenvalue weighted by Gasteiger charge is 2.26. The molecule has 3 aromatic carbocycles. The minimum absolute atomic E-state index is 0.136. The molecule has 1 unspecified atom stereocenters. The smallest absolute Gasteiger partial charge is 0.237 e. The van der Waals surface area contributed by atoms with Gasteiger partial charge in [0.05, 0.1) is 10.1 Å². The molecule has 4 rings (SSSR count). The second kappa shape index (κ2) is 11.3. The number of aromatic nitrogens is 3. The van der Waals surface area contributed by atoms with Crippen LogP contribution in [0.1, 0.15) is 35.9 Å². The number of carbonyl (C=O) groups excluding carboxylic acids is 1. The Kier molecular flexibility index (Phi) is 8.14. The highest BCUT2D eigenvalue weighted by Crippen LogP contribution is 2.30. The number of amides is 1. The summed E-state index contributed by atoms with van der Waals surface area (Å²) in [6.45, 7) is 7.93. The van der Waals surface area contributed by atoms with E-state index in [-0.39, 0.29) is 22.4 Å². The number of nitrogens with zero attached hydrogens (tertiary/aromatic N) is 3. The molecule has 0 bridgehead atoms. The van der Waals surface area contributed by atoms with Gasteiger partial charge in [-0.25, -0.2) is 8.42 Å². The zero-order valence-electron chi connectivity index (χ0n) is 21.3. The number of aryl methyl sites for hydroxylation is 3. The minimum atomic E-state index is -3.65. The second-order valence-corrected chi connectivity index (χ2v) is 12.1. The van der Waals surface area contributed by atoms with Crippen LogP contribution in [0.3, 0.4) is 0 Å². The van der Waals surface area contributed by atoms with Crippen molar-refractivity contribution in [3.63, 3.8) is 0 Å². The fourth-order valence-corrected chi connectivity index (χ4v) is 6.47. The van der Waals surface area contributed by atoms with Crippen LogP contribution in [-0.4, -0.2) is 34.3 Å². The van der Waals surface area contributed by atoms with E-state index in [1.54, 1.807) is 34.9 Å². The maximum atomic E-state index is 13.3. The van der Waals surface area contributed by atoms with Crippen molar-refractivity contribution in [3.05, 3.63) is 95.3 Å². The number of nitrogens with one attached hydrogen (secondary N) is 1. The number of sulfone groups is 1. The first-order valence-electron chi connectivity index (χ1n) is 12.0. The first-order valence-corrected chi connectivity index (χ1v) is 14.6. The number of carbonyl (C=O) groups is 1. The van der Waals surface area contributed by atoms with E-state index in [0.29, 0.717) is 11.6 Å². The van der Waals surface area contributed by atoms with Gasteiger partial charge < -0.3 is 5.32 Å². The number of rotatable bonds is 9. The quantitative estimate of drug-likeness (QED) is 0.278. The van der Waals surface area contributed by atoms with E-state index in [4.69, 9.17) is 0 Å². The summed E-state index contributed by atoms with van der Waals surface area (Å²) < 4.78 is 28.0. The maximum absolute atomic E-state index is 13.3. The Morgan fingerprint density at radius 1 is 0.946 bits per heavy atom. The van der Waals surface area contributed by atoms with Gasteiger partial charge in [0.1, 0.15) is 5.75 Å². The summed E-state index contributed by atoms with van der Waals surface area (Å²) >= 11 is 1.28. The summed E-state index contributed by atoms with van der Waals surface area (Å²) in [7, 11) is -3.65. The molecule has 9 heteroatoms. The topological polar surface area (TPSA) is 93.9 Å². The third-order valence-corrected chi connectivity index (χ3v) is 8.91. The van der Waals surface area contributed by atoms with Crippen LogP contribution in [0.15, 0.2) is 82.8 Å². The molecule has 0 aliphatic carbocycles. The summed E-state index contributed by atoms with van der Waals surface area (Å²) in [6, 6.07) is 21.7. The Bertz CT molecular complexity index is 1480. The molecule has 1 N–H and O–H groups in total. The number of hydrogen-bond donors (Lipinski definition) is 1. The van der Waals surface area contributed by atoms with Gasteiger partial charge in [-0.1, -0.05) is 72.8 Å². The van der Waals surface area contributed by atoms with E-state index in [0.717, 1.165) is 28.1 Å². The highest BCUT2D eigenvalue weighted by molar-refractivity contribution is 8.00. The molecule has 1 heterocycles. The maximum Gasteiger partial charge on any atom is 0.237 e. The molecule has 0 aliphatic rings. The van der Waals surface area contributed by atoms with Crippen LogP contribution in [0.5, 0.6) is 0 Å². The number of thioether (sulfide) groups is 1. The van der Waals surface area contributed by atoms with Crippen molar-refractivity contribution in [2.75, 3.05) is 5.32 Å². The predicted octanol–water partition coefficient (Wildman–Crippen LogP) is 5.68. The summed E-state index contributed by atoms with van der Waals surface area (Å²) in [5.41, 5.74) is 4.70. The van der Waals surface area contributed by atoms with Crippen molar-refractivity contribution < 1.29 is 13.2 Å². The molecule has 0 saturated heterocycles. The molecule has 0 aliphatic heterocycles. The van der Waals surface area contributed by atoms with Gasteiger partial charge >= 0.3 is 0 Å². The predicted molar refractivity (Wildman–Crippen MR) is 148 cm³/mol. The lowest BCUT2D eigenvalue weighted by Gasteiger charge is -2.18. The Morgan fingerprint density at radius 3 is 2.14 bits per heavy atom. The molecule has 0 radical (unpaired) electrons. The Balaban J connectivity index is 1.65. The van der Waals surface area contributed by atoms with E-state index >= 15 is 0 Å². The van der Waals surface area contributed by atoms with Gasteiger partial charge in [0.15, 0.2) is 20.8 Å². The molecular weight excluding hydrogens is 504 g/mol. The van der Waals surface area contributed by atoms with E-state index in [1.807, 2.05) is 70.2 Å². The van der Waals surface area contributed by atoms with Gasteiger partial charge in [-0.3, -0.25) is 9.36 Å². The van der Waals surface area contributed by atoms with Crippen LogP contribution in [0, 0.1) is 20.8 Å². The van der Waals surface area contributed by atoms with Gasteiger partial charge in [0.25, 0.3) is 0 Å². The van der Waals surface area contributed by atoms with Gasteiger partial charge in [0, 0.05) is 11.4 Å². The van der Waals surface area contributed by atoms with Gasteiger partial charge in [-0.2, -0.15) is 0 Å². The summed E-state index contributed by atoms with van der Waals surface area (Å²) in [5, 5.41) is 11.7. The summed E-state index contributed by atoms with van der Waals surface area (Å²) in [5.74, 6) is -0.161. The van der Waals surface area contributed by atoms with Crippen molar-refractivity contribution in [1.82, 2.24) is 14.8 Å². The Labute approximate surface area is 222 Å². The molecule has 1 amide bonds. The fraction of sp³-hybridized carbons (Fsp3) is 0.250. The third kappa shape index (κ3) is 6.11. The molecular formula is C28H30N4O3S2. The summed E-state index contributed by atoms with van der Waals surface area (Å²) in [6.07, 6.45) is 0.555. The lowest BCUT2D eigenvalue weighted by Crippen LogP contribution is -2.26. The molecule has 0 spiro atoms. The molecule has 7 nitrogen and oxygen atoms in total. The van der Waals surface area contributed by atoms with Gasteiger partial charge in [-0.15, -0.1) is 10.2 Å². The van der Waals surface area contributed by atoms with Crippen LogP contribution >= 0.6 is 11.8 Å². The number of benzene rings is 3. The zero-order chi connectivity index (χ0) is 26.6. The first kappa shape index (κ1) is 26.6. The zero-order valence-corrected chi connectivity index (χ0v) is 22.9. The monoisotopic (exact) mass is 534 g/mol. The van der Waals surface area contributed by atoms with Gasteiger partial charge in [0.2, 0.25) is 5.91 Å². The van der Waals surface area contributed by atoms with E-state index in [2.05, 4.69) is 15.5 Å². The molecule has 0 fully saturated rings. The fourth-order valence-electron chi connectivity index (χ4n) is 4.22. The average Bonchev–Trinajstić information content (AvgIpc) is 3.26. The third-order valence-electron chi connectivity index (χ3n) is 5.97. The van der Waals surface area contributed by atoms with Crippen LogP contribution in [0.25, 0.3) is 5.69 Å². The van der Waals surface area contributed by atoms with Crippen molar-refractivity contribution in [2.24, 2.45) is 0 Å². The second-order valence-electron chi connectivity index (χ2n) is 8.92. The molecule has 0 saturated carbocycles. The van der Waals surface area contributed by atoms with Crippen molar-refractivity contribution in [1.29, 1.82) is 0 Å². The molecule has 4 aromatic rings. The number of para-hydroxylation sites is 1. The van der Waals surface area contributed by atoms with Crippen LogP contribution in [-0.2, 0) is 20.4 Å². The van der Waals surface area contributed by atoms with Crippen molar-refractivity contribution in [2.45, 2.75) is 55.2 Å². The summed E-state index contributed by atoms with van der Waals surface area (Å²) in [4.78, 5) is 13.5. The highest BCUT2D eigenvalue weighted by atomic mass is 32.2. The van der Waals surface area contributed by atoms with Crippen molar-refractivity contribution in [3.8, 4) is 5.69 Å². The van der Waals surface area contributed by atoms with Gasteiger partial charge in [-0.05, 0) is 62.6 Å². The van der Waals surface area contributed by atoms with E-state index < -0.39 is 15.1 Å². The molecule has 192 valence electrons.